The summed E-state index contributed by atoms with van der Waals surface area (Å²) in [5.74, 6) is 1.09. The van der Waals surface area contributed by atoms with Crippen LogP contribution in [0.4, 0.5) is 4.39 Å². The van der Waals surface area contributed by atoms with Crippen LogP contribution in [0.1, 0.15) is 43.7 Å². The number of benzene rings is 2. The average Bonchev–Trinajstić information content (AvgIpc) is 2.64. The molecule has 2 aromatic carbocycles. The highest BCUT2D eigenvalue weighted by atomic mass is 19.1. The van der Waals surface area contributed by atoms with Gasteiger partial charge in [-0.2, -0.15) is 0 Å². The standard InChI is InChI=1S/C21H28FNO2/c1-3-4-5-8-14-23-15-17-11-9-13-20(24-2)21(17)25-16-18-10-6-7-12-19(18)22/h6-7,9-13,23H,3-5,8,14-16H2,1-2H3. The van der Waals surface area contributed by atoms with Crippen LogP contribution in [0.5, 0.6) is 11.5 Å². The second kappa shape index (κ2) is 10.7. The molecular formula is C21H28FNO2. The van der Waals surface area contributed by atoms with Crippen molar-refractivity contribution in [3.8, 4) is 11.5 Å². The molecular weight excluding hydrogens is 317 g/mol. The Bertz CT molecular complexity index is 646. The van der Waals surface area contributed by atoms with E-state index in [2.05, 4.69) is 12.2 Å². The predicted octanol–water partition coefficient (Wildman–Crippen LogP) is 5.08. The van der Waals surface area contributed by atoms with Gasteiger partial charge in [0.1, 0.15) is 12.4 Å². The molecule has 25 heavy (non-hydrogen) atoms. The van der Waals surface area contributed by atoms with Crippen molar-refractivity contribution in [2.45, 2.75) is 45.8 Å². The normalized spacial score (nSPS) is 10.7. The van der Waals surface area contributed by atoms with Gasteiger partial charge in [0.2, 0.25) is 0 Å². The van der Waals surface area contributed by atoms with E-state index in [-0.39, 0.29) is 12.4 Å². The monoisotopic (exact) mass is 345 g/mol. The predicted molar refractivity (Wildman–Crippen MR) is 99.6 cm³/mol. The van der Waals surface area contributed by atoms with Crippen molar-refractivity contribution in [1.82, 2.24) is 5.32 Å². The smallest absolute Gasteiger partial charge is 0.166 e. The molecule has 0 aliphatic carbocycles. The first kappa shape index (κ1) is 19.3. The number of halogens is 1. The van der Waals surface area contributed by atoms with Crippen LogP contribution in [0, 0.1) is 5.82 Å². The Labute approximate surface area is 150 Å². The molecule has 0 unspecified atom stereocenters. The number of hydrogen-bond donors (Lipinski definition) is 1. The fourth-order valence-corrected chi connectivity index (χ4v) is 2.69. The Morgan fingerprint density at radius 1 is 0.960 bits per heavy atom. The summed E-state index contributed by atoms with van der Waals surface area (Å²) in [5, 5.41) is 3.45. The highest BCUT2D eigenvalue weighted by molar-refractivity contribution is 5.46. The van der Waals surface area contributed by atoms with Gasteiger partial charge in [0.05, 0.1) is 7.11 Å². The maximum absolute atomic E-state index is 13.8. The third kappa shape index (κ3) is 6.05. The van der Waals surface area contributed by atoms with Gasteiger partial charge in [-0.1, -0.05) is 56.5 Å². The third-order valence-corrected chi connectivity index (χ3v) is 4.13. The second-order valence-electron chi connectivity index (χ2n) is 6.07. The second-order valence-corrected chi connectivity index (χ2v) is 6.07. The minimum absolute atomic E-state index is 0.177. The summed E-state index contributed by atoms with van der Waals surface area (Å²) >= 11 is 0. The first-order valence-corrected chi connectivity index (χ1v) is 8.99. The molecule has 0 atom stereocenters. The number of unbranched alkanes of at least 4 members (excludes halogenated alkanes) is 3. The minimum atomic E-state index is -0.256. The lowest BCUT2D eigenvalue weighted by Crippen LogP contribution is -2.15. The van der Waals surface area contributed by atoms with E-state index in [9.17, 15) is 4.39 Å². The van der Waals surface area contributed by atoms with E-state index < -0.39 is 0 Å². The number of hydrogen-bond acceptors (Lipinski definition) is 3. The quantitative estimate of drug-likeness (QED) is 0.576. The number of methoxy groups -OCH3 is 1. The summed E-state index contributed by atoms with van der Waals surface area (Å²) in [4.78, 5) is 0. The number of nitrogens with one attached hydrogen (secondary N) is 1. The van der Waals surface area contributed by atoms with Gasteiger partial charge < -0.3 is 14.8 Å². The number of para-hydroxylation sites is 1. The fourth-order valence-electron chi connectivity index (χ4n) is 2.69. The third-order valence-electron chi connectivity index (χ3n) is 4.13. The van der Waals surface area contributed by atoms with Crippen molar-refractivity contribution in [3.05, 3.63) is 59.4 Å². The first-order valence-electron chi connectivity index (χ1n) is 8.99. The van der Waals surface area contributed by atoms with E-state index in [1.54, 1.807) is 19.2 Å². The van der Waals surface area contributed by atoms with E-state index in [1.165, 1.54) is 31.7 Å². The number of rotatable bonds is 11. The van der Waals surface area contributed by atoms with Crippen LogP contribution in [-0.2, 0) is 13.2 Å². The van der Waals surface area contributed by atoms with Crippen molar-refractivity contribution in [3.63, 3.8) is 0 Å². The zero-order chi connectivity index (χ0) is 17.9. The summed E-state index contributed by atoms with van der Waals surface area (Å²) in [5.41, 5.74) is 1.55. The lowest BCUT2D eigenvalue weighted by molar-refractivity contribution is 0.276. The molecule has 0 bridgehead atoms. The number of ether oxygens (including phenoxy) is 2. The van der Waals surface area contributed by atoms with Gasteiger partial charge in [0.15, 0.2) is 11.5 Å². The van der Waals surface area contributed by atoms with Gasteiger partial charge in [-0.05, 0) is 25.1 Å². The van der Waals surface area contributed by atoms with Gasteiger partial charge in [0.25, 0.3) is 0 Å². The van der Waals surface area contributed by atoms with Gasteiger partial charge in [0, 0.05) is 17.7 Å². The van der Waals surface area contributed by atoms with Crippen molar-refractivity contribution in [2.24, 2.45) is 0 Å². The molecule has 0 aliphatic heterocycles. The summed E-state index contributed by atoms with van der Waals surface area (Å²) < 4.78 is 25.1. The van der Waals surface area contributed by atoms with Crippen LogP contribution < -0.4 is 14.8 Å². The molecule has 0 heterocycles. The molecule has 1 N–H and O–H groups in total. The van der Waals surface area contributed by atoms with Crippen molar-refractivity contribution < 1.29 is 13.9 Å². The van der Waals surface area contributed by atoms with Crippen LogP contribution in [0.3, 0.4) is 0 Å². The Morgan fingerprint density at radius 2 is 1.76 bits per heavy atom. The van der Waals surface area contributed by atoms with Crippen molar-refractivity contribution >= 4 is 0 Å². The highest BCUT2D eigenvalue weighted by Crippen LogP contribution is 2.32. The average molecular weight is 345 g/mol. The molecule has 0 amide bonds. The topological polar surface area (TPSA) is 30.5 Å². The summed E-state index contributed by atoms with van der Waals surface area (Å²) in [6, 6.07) is 12.5. The molecule has 0 spiro atoms. The first-order chi connectivity index (χ1) is 12.3. The van der Waals surface area contributed by atoms with E-state index in [1.807, 2.05) is 24.3 Å². The molecule has 4 heteroatoms. The molecule has 0 fully saturated rings. The Hall–Kier alpha value is -2.07. The van der Waals surface area contributed by atoms with Crippen molar-refractivity contribution in [1.29, 1.82) is 0 Å². The van der Waals surface area contributed by atoms with E-state index >= 15 is 0 Å². The lowest BCUT2D eigenvalue weighted by atomic mass is 10.1. The largest absolute Gasteiger partial charge is 0.493 e. The molecule has 2 rings (SSSR count). The highest BCUT2D eigenvalue weighted by Gasteiger charge is 2.11. The molecule has 0 radical (unpaired) electrons. The van der Waals surface area contributed by atoms with Crippen LogP contribution >= 0.6 is 0 Å². The van der Waals surface area contributed by atoms with Crippen LogP contribution in [0.2, 0.25) is 0 Å². The van der Waals surface area contributed by atoms with E-state index in [0.717, 1.165) is 12.1 Å². The summed E-state index contributed by atoms with van der Waals surface area (Å²) in [6.45, 7) is 4.07. The van der Waals surface area contributed by atoms with Crippen LogP contribution in [0.15, 0.2) is 42.5 Å². The zero-order valence-corrected chi connectivity index (χ0v) is 15.2. The van der Waals surface area contributed by atoms with Gasteiger partial charge in [-0.3, -0.25) is 0 Å². The molecule has 0 saturated carbocycles. The fraction of sp³-hybridized carbons (Fsp3) is 0.429. The Morgan fingerprint density at radius 3 is 2.52 bits per heavy atom. The molecule has 0 aliphatic rings. The Kier molecular flexibility index (Phi) is 8.26. The van der Waals surface area contributed by atoms with Crippen LogP contribution in [0.25, 0.3) is 0 Å². The maximum atomic E-state index is 13.8. The molecule has 136 valence electrons. The molecule has 2 aromatic rings. The van der Waals surface area contributed by atoms with Gasteiger partial charge in [-0.25, -0.2) is 4.39 Å². The maximum Gasteiger partial charge on any atom is 0.166 e. The van der Waals surface area contributed by atoms with Crippen molar-refractivity contribution in [2.75, 3.05) is 13.7 Å². The van der Waals surface area contributed by atoms with E-state index in [0.29, 0.717) is 23.6 Å². The van der Waals surface area contributed by atoms with Gasteiger partial charge in [-0.15, -0.1) is 0 Å². The summed E-state index contributed by atoms with van der Waals surface area (Å²) in [7, 11) is 1.62. The SMILES string of the molecule is CCCCCCNCc1cccc(OC)c1OCc1ccccc1F. The molecule has 3 nitrogen and oxygen atoms in total. The van der Waals surface area contributed by atoms with Crippen LogP contribution in [-0.4, -0.2) is 13.7 Å². The molecule has 0 aromatic heterocycles. The van der Waals surface area contributed by atoms with Gasteiger partial charge >= 0.3 is 0 Å². The molecule has 0 saturated heterocycles. The van der Waals surface area contributed by atoms with E-state index in [4.69, 9.17) is 9.47 Å². The lowest BCUT2D eigenvalue weighted by Gasteiger charge is -2.16. The zero-order valence-electron chi connectivity index (χ0n) is 15.2. The minimum Gasteiger partial charge on any atom is -0.493 e. The summed E-state index contributed by atoms with van der Waals surface area (Å²) in [6.07, 6.45) is 4.93. The Balaban J connectivity index is 1.98.